The smallest absolute Gasteiger partial charge is 0.323 e. The van der Waals surface area contributed by atoms with Gasteiger partial charge < -0.3 is 21.7 Å². The molecule has 2 atom stereocenters. The first-order chi connectivity index (χ1) is 4.59. The summed E-state index contributed by atoms with van der Waals surface area (Å²) in [5.41, 5.74) is 10.1. The number of aliphatic carboxylic acids is 1. The zero-order valence-electron chi connectivity index (χ0n) is 6.34. The molecule has 0 fully saturated rings. The molecule has 0 aromatic carbocycles. The second-order valence-corrected chi connectivity index (χ2v) is 2.01. The molecule has 0 saturated heterocycles. The molecule has 0 unspecified atom stereocenters. The summed E-state index contributed by atoms with van der Waals surface area (Å²) in [7, 11) is 0. The van der Waals surface area contributed by atoms with Crippen LogP contribution in [0.1, 0.15) is 6.42 Å². The van der Waals surface area contributed by atoms with Gasteiger partial charge in [0.15, 0.2) is 0 Å². The number of rotatable bonds is 4. The van der Waals surface area contributed by atoms with Gasteiger partial charge in [0.05, 0.1) is 6.10 Å². The number of aliphatic hydroxyl groups excluding tert-OH is 1. The third kappa shape index (κ3) is 6.63. The monoisotopic (exact) mass is 220 g/mol. The Morgan fingerprint density at radius 3 is 2.08 bits per heavy atom. The van der Waals surface area contributed by atoms with Crippen molar-refractivity contribution in [3.63, 3.8) is 0 Å². The predicted octanol–water partition coefficient (Wildman–Crippen LogP) is -1.05. The maximum Gasteiger partial charge on any atom is 0.323 e. The van der Waals surface area contributed by atoms with Gasteiger partial charge in [0.1, 0.15) is 6.04 Å². The van der Waals surface area contributed by atoms with Crippen LogP contribution in [0.4, 0.5) is 0 Å². The molecule has 0 saturated carbocycles. The molecule has 0 aromatic rings. The Labute approximate surface area is 82.9 Å². The highest BCUT2D eigenvalue weighted by atomic mass is 35.5. The van der Waals surface area contributed by atoms with Crippen molar-refractivity contribution in [1.29, 1.82) is 0 Å². The average Bonchev–Trinajstić information content (AvgIpc) is 1.87. The Bertz CT molecular complexity index is 125. The van der Waals surface area contributed by atoms with Crippen LogP contribution in [0.25, 0.3) is 0 Å². The third-order valence-corrected chi connectivity index (χ3v) is 1.16. The standard InChI is InChI=1S/C5H12N2O3.2ClH/c6-2-1-3(8)4(7)5(9)10;;/h3-4,8H,1-2,6-7H2,(H,9,10);2*1H/t3-,4-;;/m0../s1. The van der Waals surface area contributed by atoms with Gasteiger partial charge >= 0.3 is 5.97 Å². The molecular weight excluding hydrogens is 207 g/mol. The second kappa shape index (κ2) is 9.02. The van der Waals surface area contributed by atoms with Crippen LogP contribution in [0.3, 0.4) is 0 Å². The molecule has 0 bridgehead atoms. The molecule has 0 heterocycles. The van der Waals surface area contributed by atoms with E-state index in [4.69, 9.17) is 21.7 Å². The van der Waals surface area contributed by atoms with Crippen molar-refractivity contribution in [3.8, 4) is 0 Å². The molecule has 0 aromatic heterocycles. The molecule has 0 aliphatic heterocycles. The quantitative estimate of drug-likeness (QED) is 0.484. The van der Waals surface area contributed by atoms with E-state index in [-0.39, 0.29) is 37.8 Å². The fraction of sp³-hybridized carbons (Fsp3) is 0.800. The van der Waals surface area contributed by atoms with Crippen LogP contribution in [0.5, 0.6) is 0 Å². The first-order valence-electron chi connectivity index (χ1n) is 2.96. The molecule has 0 spiro atoms. The first kappa shape index (κ1) is 17.9. The Balaban J connectivity index is -0.000000405. The van der Waals surface area contributed by atoms with Crippen LogP contribution in [-0.4, -0.2) is 34.9 Å². The lowest BCUT2D eigenvalue weighted by molar-refractivity contribution is -0.141. The van der Waals surface area contributed by atoms with E-state index < -0.39 is 18.1 Å². The van der Waals surface area contributed by atoms with Crippen molar-refractivity contribution in [2.24, 2.45) is 11.5 Å². The number of carboxylic acid groups (broad SMARTS) is 1. The molecular formula is C5H14Cl2N2O3. The van der Waals surface area contributed by atoms with Gasteiger partial charge in [-0.05, 0) is 13.0 Å². The third-order valence-electron chi connectivity index (χ3n) is 1.16. The van der Waals surface area contributed by atoms with Gasteiger partial charge in [0.2, 0.25) is 0 Å². The van der Waals surface area contributed by atoms with Crippen molar-refractivity contribution in [1.82, 2.24) is 0 Å². The molecule has 0 aliphatic rings. The summed E-state index contributed by atoms with van der Waals surface area (Å²) >= 11 is 0. The number of halogens is 2. The molecule has 76 valence electrons. The normalized spacial score (nSPS) is 13.6. The number of hydrogen-bond donors (Lipinski definition) is 4. The van der Waals surface area contributed by atoms with E-state index in [0.29, 0.717) is 0 Å². The van der Waals surface area contributed by atoms with Crippen molar-refractivity contribution >= 4 is 30.8 Å². The topological polar surface area (TPSA) is 110 Å². The highest BCUT2D eigenvalue weighted by molar-refractivity contribution is 5.85. The summed E-state index contributed by atoms with van der Waals surface area (Å²) in [6, 6.07) is -1.22. The summed E-state index contributed by atoms with van der Waals surface area (Å²) < 4.78 is 0. The summed E-state index contributed by atoms with van der Waals surface area (Å²) in [5.74, 6) is -1.21. The van der Waals surface area contributed by atoms with Gasteiger partial charge in [0.25, 0.3) is 0 Å². The molecule has 6 N–H and O–H groups in total. The van der Waals surface area contributed by atoms with Crippen LogP contribution >= 0.6 is 24.8 Å². The van der Waals surface area contributed by atoms with Crippen LogP contribution in [-0.2, 0) is 4.79 Å². The number of hydrogen-bond acceptors (Lipinski definition) is 4. The highest BCUT2D eigenvalue weighted by Gasteiger charge is 2.20. The van der Waals surface area contributed by atoms with Crippen LogP contribution in [0.2, 0.25) is 0 Å². The van der Waals surface area contributed by atoms with E-state index in [1.54, 1.807) is 0 Å². The van der Waals surface area contributed by atoms with Gasteiger partial charge in [0, 0.05) is 0 Å². The average molecular weight is 221 g/mol. The number of carboxylic acids is 1. The van der Waals surface area contributed by atoms with Crippen molar-refractivity contribution < 1.29 is 15.0 Å². The summed E-state index contributed by atoms with van der Waals surface area (Å²) in [6.07, 6.45) is -0.824. The molecule has 7 heteroatoms. The van der Waals surface area contributed by atoms with Crippen LogP contribution in [0.15, 0.2) is 0 Å². The lowest BCUT2D eigenvalue weighted by atomic mass is 10.1. The van der Waals surface area contributed by atoms with Gasteiger partial charge in [-0.1, -0.05) is 0 Å². The lowest BCUT2D eigenvalue weighted by Crippen LogP contribution is -2.42. The number of carbonyl (C=O) groups is 1. The van der Waals surface area contributed by atoms with Crippen LogP contribution in [0, 0.1) is 0 Å². The minimum Gasteiger partial charge on any atom is -0.480 e. The van der Waals surface area contributed by atoms with Crippen LogP contribution < -0.4 is 11.5 Å². The minimum absolute atomic E-state index is 0. The molecule has 0 radical (unpaired) electrons. The summed E-state index contributed by atoms with van der Waals surface area (Å²) in [6.45, 7) is 0.238. The summed E-state index contributed by atoms with van der Waals surface area (Å²) in [5, 5.41) is 17.2. The van der Waals surface area contributed by atoms with Gasteiger partial charge in [-0.25, -0.2) is 0 Å². The van der Waals surface area contributed by atoms with E-state index in [0.717, 1.165) is 0 Å². The van der Waals surface area contributed by atoms with E-state index in [2.05, 4.69) is 0 Å². The first-order valence-corrected chi connectivity index (χ1v) is 2.96. The SMILES string of the molecule is Cl.Cl.NCC[C@H](O)[C@H](N)C(=O)O. The fourth-order valence-electron chi connectivity index (χ4n) is 0.515. The van der Waals surface area contributed by atoms with E-state index in [9.17, 15) is 4.79 Å². The maximum absolute atomic E-state index is 10.1. The fourth-order valence-corrected chi connectivity index (χ4v) is 0.515. The van der Waals surface area contributed by atoms with E-state index >= 15 is 0 Å². The Morgan fingerprint density at radius 1 is 1.42 bits per heavy atom. The second-order valence-electron chi connectivity index (χ2n) is 2.01. The lowest BCUT2D eigenvalue weighted by Gasteiger charge is -2.12. The molecule has 0 aliphatic carbocycles. The van der Waals surface area contributed by atoms with Crippen molar-refractivity contribution in [2.75, 3.05) is 6.54 Å². The minimum atomic E-state index is -1.22. The number of nitrogens with two attached hydrogens (primary N) is 2. The predicted molar refractivity (Wildman–Crippen MR) is 49.8 cm³/mol. The van der Waals surface area contributed by atoms with Gasteiger partial charge in [-0.15, -0.1) is 24.8 Å². The molecule has 12 heavy (non-hydrogen) atoms. The molecule has 0 amide bonds. The van der Waals surface area contributed by atoms with Crippen molar-refractivity contribution in [3.05, 3.63) is 0 Å². The Morgan fingerprint density at radius 2 is 1.83 bits per heavy atom. The zero-order chi connectivity index (χ0) is 8.15. The zero-order valence-corrected chi connectivity index (χ0v) is 7.98. The highest BCUT2D eigenvalue weighted by Crippen LogP contribution is 1.94. The van der Waals surface area contributed by atoms with Gasteiger partial charge in [-0.3, -0.25) is 4.79 Å². The Hall–Kier alpha value is -0.0700. The van der Waals surface area contributed by atoms with Gasteiger partial charge in [-0.2, -0.15) is 0 Å². The number of aliphatic hydroxyl groups is 1. The van der Waals surface area contributed by atoms with E-state index in [1.807, 2.05) is 0 Å². The van der Waals surface area contributed by atoms with Crippen molar-refractivity contribution in [2.45, 2.75) is 18.6 Å². The van der Waals surface area contributed by atoms with E-state index in [1.165, 1.54) is 0 Å². The largest absolute Gasteiger partial charge is 0.480 e. The molecule has 5 nitrogen and oxygen atoms in total. The Kier molecular flexibility index (Phi) is 13.4. The molecule has 0 rings (SSSR count). The maximum atomic E-state index is 10.1. The summed E-state index contributed by atoms with van der Waals surface area (Å²) in [4.78, 5) is 10.1.